The highest BCUT2D eigenvalue weighted by Crippen LogP contribution is 2.41. The van der Waals surface area contributed by atoms with Crippen LogP contribution < -0.4 is 14.2 Å². The molecule has 204 valence electrons. The molecule has 2 heterocycles. The number of nitrogens with zero attached hydrogens (tertiary/aromatic N) is 2. The van der Waals surface area contributed by atoms with E-state index in [1.54, 1.807) is 58.0 Å². The lowest BCUT2D eigenvalue weighted by Crippen LogP contribution is -2.36. The van der Waals surface area contributed by atoms with Crippen molar-refractivity contribution in [3.63, 3.8) is 0 Å². The summed E-state index contributed by atoms with van der Waals surface area (Å²) in [6, 6.07) is 10.0. The summed E-state index contributed by atoms with van der Waals surface area (Å²) < 4.78 is 77.6. The Kier molecular flexibility index (Phi) is 8.40. The van der Waals surface area contributed by atoms with Gasteiger partial charge in [-0.1, -0.05) is 30.1 Å². The van der Waals surface area contributed by atoms with Gasteiger partial charge in [0.15, 0.2) is 12.3 Å². The molecule has 0 saturated carbocycles. The molecule has 14 heteroatoms. The van der Waals surface area contributed by atoms with Crippen LogP contribution in [-0.2, 0) is 26.8 Å². The van der Waals surface area contributed by atoms with Crippen molar-refractivity contribution < 1.29 is 39.7 Å². The Labute approximate surface area is 230 Å². The molecular formula is C24H25Cl2N2O8S2+. The zero-order valence-electron chi connectivity index (χ0n) is 20.2. The Morgan fingerprint density at radius 3 is 2.39 bits per heavy atom. The summed E-state index contributed by atoms with van der Waals surface area (Å²) >= 11 is 12.3. The number of hydrogen-bond acceptors (Lipinski definition) is 7. The van der Waals surface area contributed by atoms with Crippen LogP contribution in [0.15, 0.2) is 58.3 Å². The highest BCUT2D eigenvalue weighted by Gasteiger charge is 2.28. The van der Waals surface area contributed by atoms with E-state index in [9.17, 15) is 21.4 Å². The molecule has 3 aromatic rings. The summed E-state index contributed by atoms with van der Waals surface area (Å²) in [6.45, 7) is 2.06. The van der Waals surface area contributed by atoms with Crippen LogP contribution in [-0.4, -0.2) is 44.0 Å². The highest BCUT2D eigenvalue weighted by molar-refractivity contribution is 7.86. The molecule has 2 aromatic carbocycles. The molecule has 0 saturated heterocycles. The molecule has 1 aliphatic heterocycles. The number of rotatable bonds is 10. The van der Waals surface area contributed by atoms with Crippen molar-refractivity contribution in [1.29, 1.82) is 0 Å². The number of ether oxygens (including phenoxy) is 1. The summed E-state index contributed by atoms with van der Waals surface area (Å²) in [5.74, 6) is 0.275. The minimum absolute atomic E-state index is 0.0756. The van der Waals surface area contributed by atoms with Crippen LogP contribution in [0, 0.1) is 0 Å². The van der Waals surface area contributed by atoms with Gasteiger partial charge in [-0.2, -0.15) is 21.4 Å². The summed E-state index contributed by atoms with van der Waals surface area (Å²) in [4.78, 5) is 1.61. The number of hydrogen-bond donors (Lipinski definition) is 2. The second-order valence-corrected chi connectivity index (χ2v) is 12.6. The topological polar surface area (TPSA) is 138 Å². The number of anilines is 1. The van der Waals surface area contributed by atoms with Gasteiger partial charge in [0.1, 0.15) is 0 Å². The van der Waals surface area contributed by atoms with Crippen molar-refractivity contribution in [3.8, 4) is 5.75 Å². The Balaban J connectivity index is 1.74. The van der Waals surface area contributed by atoms with Gasteiger partial charge in [0.2, 0.25) is 11.5 Å². The first-order chi connectivity index (χ1) is 17.8. The molecule has 0 spiro atoms. The Morgan fingerprint density at radius 1 is 1.03 bits per heavy atom. The molecule has 1 aliphatic rings. The van der Waals surface area contributed by atoms with Gasteiger partial charge in [0.05, 0.1) is 23.3 Å². The first kappa shape index (κ1) is 28.4. The molecule has 0 radical (unpaired) electrons. The Morgan fingerprint density at radius 2 is 1.71 bits per heavy atom. The van der Waals surface area contributed by atoms with Gasteiger partial charge in [-0.3, -0.25) is 9.11 Å². The third kappa shape index (κ3) is 7.07. The first-order valence-corrected chi connectivity index (χ1v) is 15.5. The first-order valence-electron chi connectivity index (χ1n) is 11.5. The van der Waals surface area contributed by atoms with Gasteiger partial charge in [-0.05, 0) is 42.3 Å². The fraction of sp³-hybridized carbons (Fsp3) is 0.292. The number of fused-ring (bicyclic) bond motifs is 2. The summed E-state index contributed by atoms with van der Waals surface area (Å²) in [7, 11) is -8.37. The van der Waals surface area contributed by atoms with Crippen LogP contribution in [0.3, 0.4) is 0 Å². The molecular weight excluding hydrogens is 579 g/mol. The molecule has 0 amide bonds. The highest BCUT2D eigenvalue weighted by atomic mass is 35.5. The molecule has 0 bridgehead atoms. The molecule has 0 aliphatic carbocycles. The molecule has 1 aromatic heterocycles. The van der Waals surface area contributed by atoms with Gasteiger partial charge in [0.25, 0.3) is 25.8 Å². The second-order valence-electron chi connectivity index (χ2n) is 8.55. The largest absolute Gasteiger partial charge is 0.439 e. The maximum Gasteiger partial charge on any atom is 0.374 e. The van der Waals surface area contributed by atoms with Crippen molar-refractivity contribution in [2.75, 3.05) is 23.0 Å². The Hall–Kier alpha value is -2.61. The lowest BCUT2D eigenvalue weighted by Gasteiger charge is -2.18. The van der Waals surface area contributed by atoms with Crippen molar-refractivity contribution in [2.45, 2.75) is 26.3 Å². The summed E-state index contributed by atoms with van der Waals surface area (Å²) in [6.07, 6.45) is 4.14. The van der Waals surface area contributed by atoms with E-state index >= 15 is 0 Å². The van der Waals surface area contributed by atoms with E-state index in [0.717, 1.165) is 5.57 Å². The van der Waals surface area contributed by atoms with Crippen molar-refractivity contribution in [3.05, 3.63) is 69.9 Å². The lowest BCUT2D eigenvalue weighted by molar-refractivity contribution is -0.677. The Bertz CT molecular complexity index is 1650. The fourth-order valence-electron chi connectivity index (χ4n) is 4.00. The molecule has 0 fully saturated rings. The minimum Gasteiger partial charge on any atom is -0.439 e. The molecule has 38 heavy (non-hydrogen) atoms. The van der Waals surface area contributed by atoms with Crippen LogP contribution >= 0.6 is 23.2 Å². The zero-order valence-corrected chi connectivity index (χ0v) is 23.3. The van der Waals surface area contributed by atoms with Crippen LogP contribution in [0.2, 0.25) is 10.0 Å². The summed E-state index contributed by atoms with van der Waals surface area (Å²) in [5.41, 5.74) is 2.48. The number of halogens is 2. The third-order valence-electron chi connectivity index (χ3n) is 5.77. The molecule has 2 N–H and O–H groups in total. The predicted octanol–water partition coefficient (Wildman–Crippen LogP) is 4.73. The molecule has 0 atom stereocenters. The van der Waals surface area contributed by atoms with Crippen molar-refractivity contribution in [1.82, 2.24) is 0 Å². The SMILES string of the molecule is CCC(/C=C1\Oc2ccc(Cl)cc2N1CCS(=O)(=O)O)=C\c1oc2ccc(Cl)cc2[n+]1CCCS(=O)(=O)O. The van der Waals surface area contributed by atoms with Gasteiger partial charge in [-0.25, -0.2) is 0 Å². The quantitative estimate of drug-likeness (QED) is 0.249. The zero-order chi connectivity index (χ0) is 27.7. The fourth-order valence-corrected chi connectivity index (χ4v) is 5.24. The number of oxazole rings is 1. The number of benzene rings is 2. The minimum atomic E-state index is -4.24. The van der Waals surface area contributed by atoms with E-state index in [1.807, 2.05) is 6.92 Å². The maximum absolute atomic E-state index is 11.4. The number of aryl methyl sites for hydroxylation is 1. The maximum atomic E-state index is 11.4. The van der Waals surface area contributed by atoms with Gasteiger partial charge in [0, 0.05) is 35.2 Å². The van der Waals surface area contributed by atoms with Gasteiger partial charge in [-0.15, -0.1) is 0 Å². The third-order valence-corrected chi connectivity index (χ3v) is 7.74. The second kappa shape index (κ2) is 11.2. The van der Waals surface area contributed by atoms with Crippen LogP contribution in [0.5, 0.6) is 5.75 Å². The van der Waals surface area contributed by atoms with Gasteiger partial charge < -0.3 is 14.1 Å². The molecule has 0 unspecified atom stereocenters. The monoisotopic (exact) mass is 603 g/mol. The van der Waals surface area contributed by atoms with E-state index in [4.69, 9.17) is 36.9 Å². The average Bonchev–Trinajstić information content (AvgIpc) is 3.32. The van der Waals surface area contributed by atoms with E-state index in [0.29, 0.717) is 50.8 Å². The van der Waals surface area contributed by atoms with Crippen molar-refractivity contribution in [2.24, 2.45) is 0 Å². The van der Waals surface area contributed by atoms with E-state index in [2.05, 4.69) is 0 Å². The van der Waals surface area contributed by atoms with E-state index in [-0.39, 0.29) is 19.5 Å². The number of aromatic nitrogens is 1. The standard InChI is InChI=1S/C24H24Cl2N2O8S2/c1-2-16(13-24-28(9-11-38(32,33)34)20-15-18(26)5-7-22(20)36-24)12-23-27(8-3-10-37(29,30)31)19-14-17(25)4-6-21(19)35-23/h4-7,12-15H,2-3,8-11H2,1H3,(H-,29,30,31,32,33,34)/p+1. The van der Waals surface area contributed by atoms with E-state index < -0.39 is 31.7 Å². The van der Waals surface area contributed by atoms with E-state index in [1.165, 1.54) is 0 Å². The predicted molar refractivity (Wildman–Crippen MR) is 145 cm³/mol. The van der Waals surface area contributed by atoms with Crippen molar-refractivity contribution >= 4 is 66.3 Å². The smallest absolute Gasteiger partial charge is 0.374 e. The lowest BCUT2D eigenvalue weighted by atomic mass is 10.2. The average molecular weight is 605 g/mol. The van der Waals surface area contributed by atoms with Crippen LogP contribution in [0.4, 0.5) is 5.69 Å². The number of allylic oxidation sites excluding steroid dienone is 2. The normalized spacial score (nSPS) is 15.3. The summed E-state index contributed by atoms with van der Waals surface area (Å²) in [5, 5.41) is 0.907. The van der Waals surface area contributed by atoms with Crippen LogP contribution in [0.1, 0.15) is 25.7 Å². The molecule has 10 nitrogen and oxygen atoms in total. The van der Waals surface area contributed by atoms with Gasteiger partial charge >= 0.3 is 5.89 Å². The molecule has 4 rings (SSSR count). The van der Waals surface area contributed by atoms with Crippen LogP contribution in [0.25, 0.3) is 17.2 Å².